The molecule has 160 valence electrons. The van der Waals surface area contributed by atoms with Crippen molar-refractivity contribution in [3.05, 3.63) is 58.0 Å². The number of furan rings is 1. The van der Waals surface area contributed by atoms with E-state index in [1.807, 2.05) is 12.1 Å². The molecule has 1 aliphatic heterocycles. The van der Waals surface area contributed by atoms with Crippen molar-refractivity contribution in [2.24, 2.45) is 0 Å². The molecule has 30 heavy (non-hydrogen) atoms. The van der Waals surface area contributed by atoms with E-state index in [4.69, 9.17) is 9.15 Å². The lowest BCUT2D eigenvalue weighted by atomic mass is 9.94. The number of hydrogen-bond acceptors (Lipinski definition) is 5. The Balaban J connectivity index is 1.34. The zero-order valence-electron chi connectivity index (χ0n) is 18.0. The number of hydrogen-bond donors (Lipinski definition) is 1. The van der Waals surface area contributed by atoms with Gasteiger partial charge in [0.25, 0.3) is 5.91 Å². The molecule has 1 fully saturated rings. The van der Waals surface area contributed by atoms with Crippen molar-refractivity contribution in [1.29, 1.82) is 0 Å². The quantitative estimate of drug-likeness (QED) is 0.815. The maximum Gasteiger partial charge on any atom is 0.287 e. The first kappa shape index (κ1) is 20.8. The summed E-state index contributed by atoms with van der Waals surface area (Å²) in [4.78, 5) is 27.2. The molecule has 1 aliphatic carbocycles. The number of ether oxygens (including phenoxy) is 1. The fourth-order valence-electron chi connectivity index (χ4n) is 4.56. The Bertz CT molecular complexity index is 921. The molecular formula is C24H30N2O4. The van der Waals surface area contributed by atoms with Crippen LogP contribution < -0.4 is 5.32 Å². The average molecular weight is 411 g/mol. The third-order valence-electron chi connectivity index (χ3n) is 5.89. The summed E-state index contributed by atoms with van der Waals surface area (Å²) >= 11 is 0. The highest BCUT2D eigenvalue weighted by molar-refractivity contribution is 6.03. The topological polar surface area (TPSA) is 71.8 Å². The molecule has 2 heterocycles. The van der Waals surface area contributed by atoms with Crippen molar-refractivity contribution in [1.82, 2.24) is 10.2 Å². The van der Waals surface area contributed by atoms with Crippen molar-refractivity contribution < 1.29 is 18.7 Å². The van der Waals surface area contributed by atoms with Crippen LogP contribution >= 0.6 is 0 Å². The van der Waals surface area contributed by atoms with E-state index in [1.54, 1.807) is 6.92 Å². The van der Waals surface area contributed by atoms with Gasteiger partial charge in [-0.05, 0) is 38.3 Å². The maximum atomic E-state index is 12.6. The van der Waals surface area contributed by atoms with Gasteiger partial charge in [0.05, 0.1) is 17.8 Å². The van der Waals surface area contributed by atoms with E-state index in [9.17, 15) is 9.59 Å². The Morgan fingerprint density at radius 3 is 2.43 bits per heavy atom. The van der Waals surface area contributed by atoms with E-state index in [1.165, 1.54) is 5.56 Å². The molecule has 1 aromatic heterocycles. The lowest BCUT2D eigenvalue weighted by Crippen LogP contribution is -2.44. The second-order valence-corrected chi connectivity index (χ2v) is 8.58. The molecule has 2 unspecified atom stereocenters. The van der Waals surface area contributed by atoms with Crippen LogP contribution in [0.15, 0.2) is 28.7 Å². The molecular weight excluding hydrogens is 380 g/mol. The van der Waals surface area contributed by atoms with Crippen LogP contribution in [0, 0.1) is 6.92 Å². The minimum atomic E-state index is -0.268. The molecule has 1 N–H and O–H groups in total. The molecule has 4 rings (SSSR count). The van der Waals surface area contributed by atoms with E-state index in [-0.39, 0.29) is 29.7 Å². The van der Waals surface area contributed by atoms with E-state index in [0.717, 1.165) is 38.0 Å². The summed E-state index contributed by atoms with van der Waals surface area (Å²) in [6.45, 7) is 9.22. The van der Waals surface area contributed by atoms with Gasteiger partial charge in [0.2, 0.25) is 0 Å². The summed E-state index contributed by atoms with van der Waals surface area (Å²) < 4.78 is 11.5. The maximum absolute atomic E-state index is 12.6. The molecule has 2 aliphatic rings. The lowest BCUT2D eigenvalue weighted by Gasteiger charge is -2.35. The molecule has 2 atom stereocenters. The summed E-state index contributed by atoms with van der Waals surface area (Å²) in [6, 6.07) is 8.32. The fraction of sp³-hybridized carbons (Fsp3) is 0.500. The molecule has 2 aromatic rings. The second-order valence-electron chi connectivity index (χ2n) is 8.58. The highest BCUT2D eigenvalue weighted by Gasteiger charge is 2.28. The Labute approximate surface area is 177 Å². The first-order chi connectivity index (χ1) is 14.4. The SMILES string of the molecule is Cc1c(C(=O)NCc2ccc(CN3CC(C)OC(C)C3)cc2)oc2c1C(=O)CCC2. The zero-order valence-corrected chi connectivity index (χ0v) is 18.0. The van der Waals surface area contributed by atoms with Crippen LogP contribution in [0.1, 0.15) is 70.1 Å². The smallest absolute Gasteiger partial charge is 0.287 e. The number of rotatable bonds is 5. The minimum absolute atomic E-state index is 0.0798. The summed E-state index contributed by atoms with van der Waals surface area (Å²) in [5.41, 5.74) is 3.55. The third-order valence-corrected chi connectivity index (χ3v) is 5.89. The van der Waals surface area contributed by atoms with Gasteiger partial charge in [-0.3, -0.25) is 14.5 Å². The fourth-order valence-corrected chi connectivity index (χ4v) is 4.56. The van der Waals surface area contributed by atoms with Gasteiger partial charge in [0, 0.05) is 44.6 Å². The molecule has 0 bridgehead atoms. The first-order valence-electron chi connectivity index (χ1n) is 10.8. The largest absolute Gasteiger partial charge is 0.455 e. The molecule has 0 spiro atoms. The van der Waals surface area contributed by atoms with E-state index in [2.05, 4.69) is 36.2 Å². The van der Waals surface area contributed by atoms with Crippen LogP contribution in [0.25, 0.3) is 0 Å². The van der Waals surface area contributed by atoms with Crippen molar-refractivity contribution in [3.63, 3.8) is 0 Å². The van der Waals surface area contributed by atoms with Crippen LogP contribution in [0.3, 0.4) is 0 Å². The Morgan fingerprint density at radius 2 is 1.77 bits per heavy atom. The van der Waals surface area contributed by atoms with Gasteiger partial charge in [-0.25, -0.2) is 0 Å². The van der Waals surface area contributed by atoms with Gasteiger partial charge in [-0.1, -0.05) is 24.3 Å². The van der Waals surface area contributed by atoms with Crippen molar-refractivity contribution in [2.75, 3.05) is 13.1 Å². The van der Waals surface area contributed by atoms with Crippen molar-refractivity contribution in [3.8, 4) is 0 Å². The number of amides is 1. The van der Waals surface area contributed by atoms with Crippen LogP contribution in [0.4, 0.5) is 0 Å². The van der Waals surface area contributed by atoms with Crippen molar-refractivity contribution in [2.45, 2.75) is 65.3 Å². The monoisotopic (exact) mass is 410 g/mol. The van der Waals surface area contributed by atoms with Crippen LogP contribution in [-0.2, 0) is 24.2 Å². The average Bonchev–Trinajstić information content (AvgIpc) is 3.04. The third kappa shape index (κ3) is 4.50. The van der Waals surface area contributed by atoms with Gasteiger partial charge in [-0.2, -0.15) is 0 Å². The number of fused-ring (bicyclic) bond motifs is 1. The molecule has 0 saturated carbocycles. The normalized spacial score (nSPS) is 22.0. The van der Waals surface area contributed by atoms with E-state index < -0.39 is 0 Å². The van der Waals surface area contributed by atoms with Crippen LogP contribution in [-0.4, -0.2) is 41.9 Å². The Kier molecular flexibility index (Phi) is 6.06. The number of carbonyl (C=O) groups excluding carboxylic acids is 2. The second kappa shape index (κ2) is 8.74. The van der Waals surface area contributed by atoms with Gasteiger partial charge in [-0.15, -0.1) is 0 Å². The minimum Gasteiger partial charge on any atom is -0.455 e. The van der Waals surface area contributed by atoms with E-state index in [0.29, 0.717) is 29.9 Å². The zero-order chi connectivity index (χ0) is 21.3. The lowest BCUT2D eigenvalue weighted by molar-refractivity contribution is -0.0704. The first-order valence-corrected chi connectivity index (χ1v) is 10.8. The molecule has 1 amide bonds. The summed E-state index contributed by atoms with van der Waals surface area (Å²) in [7, 11) is 0. The molecule has 6 nitrogen and oxygen atoms in total. The number of nitrogens with one attached hydrogen (secondary N) is 1. The highest BCUT2D eigenvalue weighted by atomic mass is 16.5. The molecule has 1 aromatic carbocycles. The van der Waals surface area contributed by atoms with Gasteiger partial charge >= 0.3 is 0 Å². The van der Waals surface area contributed by atoms with Crippen molar-refractivity contribution >= 4 is 11.7 Å². The number of benzene rings is 1. The summed E-state index contributed by atoms with van der Waals surface area (Å²) in [6.07, 6.45) is 2.55. The number of aryl methyl sites for hydroxylation is 1. The summed E-state index contributed by atoms with van der Waals surface area (Å²) in [5.74, 6) is 0.735. The Morgan fingerprint density at radius 1 is 1.10 bits per heavy atom. The predicted octanol–water partition coefficient (Wildman–Crippen LogP) is 3.65. The highest BCUT2D eigenvalue weighted by Crippen LogP contribution is 2.29. The standard InChI is InChI=1S/C24H30N2O4/c1-15-12-26(13-16(2)29-15)14-19-9-7-18(8-10-19)11-25-24(28)23-17(3)22-20(27)5-4-6-21(22)30-23/h7-10,15-16H,4-6,11-14H2,1-3H3,(H,25,28). The predicted molar refractivity (Wildman–Crippen MR) is 114 cm³/mol. The van der Waals surface area contributed by atoms with Gasteiger partial charge < -0.3 is 14.5 Å². The number of carbonyl (C=O) groups is 2. The molecule has 0 radical (unpaired) electrons. The molecule has 6 heteroatoms. The summed E-state index contributed by atoms with van der Waals surface area (Å²) in [5, 5.41) is 2.92. The van der Waals surface area contributed by atoms with Crippen LogP contribution in [0.2, 0.25) is 0 Å². The Hall–Kier alpha value is -2.44. The number of nitrogens with zero attached hydrogens (tertiary/aromatic N) is 1. The number of ketones is 1. The van der Waals surface area contributed by atoms with Gasteiger partial charge in [0.1, 0.15) is 5.76 Å². The molecule has 1 saturated heterocycles. The van der Waals surface area contributed by atoms with E-state index >= 15 is 0 Å². The number of morpholine rings is 1. The van der Waals surface area contributed by atoms with Gasteiger partial charge in [0.15, 0.2) is 11.5 Å². The van der Waals surface area contributed by atoms with Crippen LogP contribution in [0.5, 0.6) is 0 Å². The number of Topliss-reactive ketones (excluding diaryl/α,β-unsaturated/α-hetero) is 1.